The largest absolute Gasteiger partial charge is 0.364 e. The number of sulfone groups is 1. The van der Waals surface area contributed by atoms with E-state index in [2.05, 4.69) is 35.6 Å². The molecule has 37 heavy (non-hydrogen) atoms. The van der Waals surface area contributed by atoms with Crippen molar-refractivity contribution in [3.8, 4) is 0 Å². The summed E-state index contributed by atoms with van der Waals surface area (Å²) < 4.78 is 26.6. The van der Waals surface area contributed by atoms with Crippen LogP contribution in [-0.2, 0) is 21.2 Å². The van der Waals surface area contributed by atoms with Gasteiger partial charge in [-0.05, 0) is 49.8 Å². The molecule has 11 nitrogen and oxygen atoms in total. The Kier molecular flexibility index (Phi) is 5.63. The fourth-order valence-electron chi connectivity index (χ4n) is 4.48. The first-order valence-corrected chi connectivity index (χ1v) is 14.0. The lowest BCUT2D eigenvalue weighted by atomic mass is 10.2. The number of nitrogens with one attached hydrogen (secondary N) is 2. The lowest BCUT2D eigenvalue weighted by molar-refractivity contribution is -0.117. The van der Waals surface area contributed by atoms with Crippen LogP contribution in [0.1, 0.15) is 53.9 Å². The number of nitrogens with zero attached hydrogens (tertiary/aromatic N) is 6. The van der Waals surface area contributed by atoms with Crippen LogP contribution >= 0.6 is 0 Å². The SMILES string of the molecule is Cc1ccnc(C2CC2C(=O)Nc2cc(NCc3cn4cc(C5CC5)cc(S(C)(=O)=O)c4n3)ncn2)n1. The number of amides is 1. The zero-order valence-corrected chi connectivity index (χ0v) is 21.2. The van der Waals surface area contributed by atoms with Crippen LogP contribution in [0.15, 0.2) is 48.0 Å². The van der Waals surface area contributed by atoms with Crippen LogP contribution in [0, 0.1) is 12.8 Å². The molecule has 4 heterocycles. The van der Waals surface area contributed by atoms with Crippen LogP contribution in [0.2, 0.25) is 0 Å². The number of carbonyl (C=O) groups excluding carboxylic acids is 1. The van der Waals surface area contributed by atoms with Gasteiger partial charge in [0.1, 0.15) is 28.7 Å². The maximum Gasteiger partial charge on any atom is 0.229 e. The third-order valence-corrected chi connectivity index (χ3v) is 7.78. The quantitative estimate of drug-likeness (QED) is 0.360. The summed E-state index contributed by atoms with van der Waals surface area (Å²) in [6, 6.07) is 5.24. The summed E-state index contributed by atoms with van der Waals surface area (Å²) in [6.45, 7) is 2.23. The Balaban J connectivity index is 1.13. The predicted octanol–water partition coefficient (Wildman–Crippen LogP) is 2.86. The van der Waals surface area contributed by atoms with Gasteiger partial charge in [-0.2, -0.15) is 0 Å². The Bertz CT molecular complexity index is 1630. The molecular formula is C25H26N8O3S. The molecule has 0 spiro atoms. The fourth-order valence-corrected chi connectivity index (χ4v) is 5.31. The Morgan fingerprint density at radius 2 is 1.92 bits per heavy atom. The zero-order valence-electron chi connectivity index (χ0n) is 20.4. The minimum absolute atomic E-state index is 0.0200. The van der Waals surface area contributed by atoms with Gasteiger partial charge < -0.3 is 15.0 Å². The number of pyridine rings is 1. The predicted molar refractivity (Wildman–Crippen MR) is 136 cm³/mol. The van der Waals surface area contributed by atoms with E-state index >= 15 is 0 Å². The molecule has 0 aromatic carbocycles. The van der Waals surface area contributed by atoms with Crippen LogP contribution in [0.25, 0.3) is 5.65 Å². The van der Waals surface area contributed by atoms with Crippen molar-refractivity contribution in [2.45, 2.75) is 49.5 Å². The first-order chi connectivity index (χ1) is 17.7. The molecule has 0 aliphatic heterocycles. The maximum atomic E-state index is 12.7. The highest BCUT2D eigenvalue weighted by atomic mass is 32.2. The molecule has 12 heteroatoms. The molecule has 0 radical (unpaired) electrons. The standard InChI is InChI=1S/C25H26N8O3S/c1-14-5-6-26-23(30-14)18-8-19(18)25(34)32-22-9-21(28-13-29-22)27-10-17-12-33-11-16(15-3-4-15)7-20(24(33)31-17)37(2,35)36/h5-7,9,11-13,15,18-19H,3-4,8,10H2,1-2H3,(H2,27,28,29,32,34). The van der Waals surface area contributed by atoms with Crippen molar-refractivity contribution < 1.29 is 13.2 Å². The number of fused-ring (bicyclic) bond motifs is 1. The molecule has 2 aliphatic rings. The van der Waals surface area contributed by atoms with Gasteiger partial charge >= 0.3 is 0 Å². The lowest BCUT2D eigenvalue weighted by Crippen LogP contribution is -2.16. The van der Waals surface area contributed by atoms with E-state index in [0.717, 1.165) is 24.1 Å². The van der Waals surface area contributed by atoms with Crippen LogP contribution in [0.5, 0.6) is 0 Å². The van der Waals surface area contributed by atoms with Gasteiger partial charge in [-0.1, -0.05) is 0 Å². The van der Waals surface area contributed by atoms with E-state index < -0.39 is 9.84 Å². The Labute approximate surface area is 213 Å². The van der Waals surface area contributed by atoms with Gasteiger partial charge in [0, 0.05) is 48.4 Å². The number of rotatable bonds is 8. The van der Waals surface area contributed by atoms with E-state index in [9.17, 15) is 13.2 Å². The summed E-state index contributed by atoms with van der Waals surface area (Å²) in [6.07, 6.45) is 10.9. The fraction of sp³-hybridized carbons (Fsp3) is 0.360. The van der Waals surface area contributed by atoms with E-state index in [0.29, 0.717) is 47.7 Å². The highest BCUT2D eigenvalue weighted by Crippen LogP contribution is 2.46. The molecule has 2 saturated carbocycles. The molecule has 0 saturated heterocycles. The zero-order chi connectivity index (χ0) is 25.7. The van der Waals surface area contributed by atoms with Crippen molar-refractivity contribution in [3.05, 3.63) is 65.9 Å². The number of anilines is 2. The van der Waals surface area contributed by atoms with Crippen molar-refractivity contribution in [3.63, 3.8) is 0 Å². The molecule has 0 bridgehead atoms. The van der Waals surface area contributed by atoms with Crippen molar-refractivity contribution >= 4 is 33.0 Å². The minimum atomic E-state index is -3.43. The second-order valence-electron chi connectivity index (χ2n) is 9.78. The van der Waals surface area contributed by atoms with Crippen LogP contribution in [-0.4, -0.2) is 49.9 Å². The average molecular weight is 519 g/mol. The molecule has 4 aromatic rings. The molecule has 2 N–H and O–H groups in total. The van der Waals surface area contributed by atoms with Gasteiger partial charge in [-0.25, -0.2) is 33.3 Å². The summed E-state index contributed by atoms with van der Waals surface area (Å²) >= 11 is 0. The maximum absolute atomic E-state index is 12.7. The number of aromatic nitrogens is 6. The Morgan fingerprint density at radius 1 is 1.11 bits per heavy atom. The smallest absolute Gasteiger partial charge is 0.229 e. The van der Waals surface area contributed by atoms with E-state index in [1.165, 1.54) is 12.6 Å². The van der Waals surface area contributed by atoms with Gasteiger partial charge in [0.05, 0.1) is 12.2 Å². The number of hydrogen-bond acceptors (Lipinski definition) is 9. The normalized spacial score (nSPS) is 19.1. The van der Waals surface area contributed by atoms with Gasteiger partial charge in [0.25, 0.3) is 0 Å². The summed E-state index contributed by atoms with van der Waals surface area (Å²) in [4.78, 5) is 34.6. The first kappa shape index (κ1) is 23.5. The van der Waals surface area contributed by atoms with Gasteiger partial charge in [-0.3, -0.25) is 4.79 Å². The monoisotopic (exact) mass is 518 g/mol. The van der Waals surface area contributed by atoms with Crippen LogP contribution < -0.4 is 10.6 Å². The highest BCUT2D eigenvalue weighted by molar-refractivity contribution is 7.91. The number of carbonyl (C=O) groups is 1. The lowest BCUT2D eigenvalue weighted by Gasteiger charge is -2.07. The number of hydrogen-bond donors (Lipinski definition) is 2. The molecule has 1 amide bonds. The van der Waals surface area contributed by atoms with Crippen molar-refractivity contribution in [1.29, 1.82) is 0 Å². The summed E-state index contributed by atoms with van der Waals surface area (Å²) in [5.41, 5.74) is 2.98. The van der Waals surface area contributed by atoms with E-state index in [-0.39, 0.29) is 22.6 Å². The van der Waals surface area contributed by atoms with Crippen molar-refractivity contribution in [2.24, 2.45) is 5.92 Å². The molecular weight excluding hydrogens is 492 g/mol. The van der Waals surface area contributed by atoms with Crippen molar-refractivity contribution in [2.75, 3.05) is 16.9 Å². The second-order valence-corrected chi connectivity index (χ2v) is 11.8. The van der Waals surface area contributed by atoms with Crippen LogP contribution in [0.3, 0.4) is 0 Å². The molecule has 2 aliphatic carbocycles. The van der Waals surface area contributed by atoms with E-state index in [1.807, 2.05) is 25.4 Å². The summed E-state index contributed by atoms with van der Waals surface area (Å²) in [5.74, 6) is 1.72. The van der Waals surface area contributed by atoms with E-state index in [1.54, 1.807) is 22.7 Å². The first-order valence-electron chi connectivity index (χ1n) is 12.1. The number of aryl methyl sites for hydroxylation is 1. The van der Waals surface area contributed by atoms with Gasteiger partial charge in [0.2, 0.25) is 5.91 Å². The van der Waals surface area contributed by atoms with E-state index in [4.69, 9.17) is 0 Å². The molecule has 2 unspecified atom stereocenters. The molecule has 2 atom stereocenters. The third kappa shape index (κ3) is 5.01. The minimum Gasteiger partial charge on any atom is -0.364 e. The molecule has 190 valence electrons. The number of imidazole rings is 1. The molecule has 2 fully saturated rings. The summed E-state index contributed by atoms with van der Waals surface area (Å²) in [5, 5.41) is 6.03. The Hall–Kier alpha value is -3.93. The van der Waals surface area contributed by atoms with Crippen molar-refractivity contribution in [1.82, 2.24) is 29.3 Å². The van der Waals surface area contributed by atoms with Gasteiger partial charge in [0.15, 0.2) is 15.5 Å². The second kappa shape index (κ2) is 8.87. The third-order valence-electron chi connectivity index (χ3n) is 6.68. The summed E-state index contributed by atoms with van der Waals surface area (Å²) in [7, 11) is -3.43. The molecule has 6 rings (SSSR count). The molecule has 4 aromatic heterocycles. The van der Waals surface area contributed by atoms with Crippen LogP contribution in [0.4, 0.5) is 11.6 Å². The highest BCUT2D eigenvalue weighted by Gasteiger charge is 2.46. The Morgan fingerprint density at radius 3 is 2.68 bits per heavy atom. The average Bonchev–Trinajstić information content (AvgIpc) is 3.78. The van der Waals surface area contributed by atoms with Gasteiger partial charge in [-0.15, -0.1) is 0 Å². The topological polar surface area (TPSA) is 144 Å².